The second-order valence-electron chi connectivity index (χ2n) is 8.57. The zero-order valence-corrected chi connectivity index (χ0v) is 20.8. The van der Waals surface area contributed by atoms with E-state index in [-0.39, 0.29) is 24.0 Å². The Kier molecular flexibility index (Phi) is 10.1. The third kappa shape index (κ3) is 6.80. The quantitative estimate of drug-likeness (QED) is 0.270. The number of hydrogen-bond donors (Lipinski definition) is 1. The first kappa shape index (κ1) is 24.4. The van der Waals surface area contributed by atoms with Gasteiger partial charge in [-0.05, 0) is 44.4 Å². The minimum Gasteiger partial charge on any atom is -0.385 e. The lowest BCUT2D eigenvalue weighted by Crippen LogP contribution is -2.50. The molecule has 0 amide bonds. The van der Waals surface area contributed by atoms with Crippen molar-refractivity contribution in [1.29, 1.82) is 0 Å². The Morgan fingerprint density at radius 2 is 1.86 bits per heavy atom. The fourth-order valence-corrected chi connectivity index (χ4v) is 4.69. The average Bonchev–Trinajstić information content (AvgIpc) is 2.89. The van der Waals surface area contributed by atoms with E-state index >= 15 is 0 Å². The number of guanidine groups is 1. The molecule has 2 heterocycles. The minimum absolute atomic E-state index is 0. The van der Waals surface area contributed by atoms with E-state index in [1.165, 1.54) is 51.4 Å². The topological polar surface area (TPSA) is 67.6 Å². The number of methoxy groups -OCH3 is 1. The Hall–Kier alpha value is -0.900. The van der Waals surface area contributed by atoms with E-state index in [9.17, 15) is 0 Å². The smallest absolute Gasteiger partial charge is 0.194 e. The van der Waals surface area contributed by atoms with Crippen molar-refractivity contribution in [2.45, 2.75) is 71.3 Å². The molecule has 0 aromatic carbocycles. The molecule has 2 fully saturated rings. The molecule has 0 radical (unpaired) electrons. The molecular formula is C21H39IN6O. The number of aliphatic imine (C=N–C) groups is 1. The molecule has 8 heteroatoms. The summed E-state index contributed by atoms with van der Waals surface area (Å²) in [5.74, 6) is 2.87. The third-order valence-corrected chi connectivity index (χ3v) is 6.49. The van der Waals surface area contributed by atoms with Gasteiger partial charge in [-0.3, -0.25) is 0 Å². The molecule has 1 aliphatic heterocycles. The van der Waals surface area contributed by atoms with Crippen LogP contribution in [0, 0.1) is 12.3 Å². The molecule has 1 spiro atoms. The van der Waals surface area contributed by atoms with Gasteiger partial charge in [-0.1, -0.05) is 25.7 Å². The first-order valence-corrected chi connectivity index (χ1v) is 11.0. The van der Waals surface area contributed by atoms with Crippen molar-refractivity contribution in [1.82, 2.24) is 25.0 Å². The van der Waals surface area contributed by atoms with Crippen LogP contribution < -0.4 is 5.32 Å². The van der Waals surface area contributed by atoms with Crippen LogP contribution in [0.4, 0.5) is 0 Å². The van der Waals surface area contributed by atoms with Crippen LogP contribution in [0.5, 0.6) is 0 Å². The summed E-state index contributed by atoms with van der Waals surface area (Å²) in [6.45, 7) is 6.43. The lowest BCUT2D eigenvalue weighted by molar-refractivity contribution is 0.115. The molecule has 1 saturated carbocycles. The molecule has 1 aromatic rings. The van der Waals surface area contributed by atoms with Gasteiger partial charge in [-0.25, -0.2) is 4.99 Å². The van der Waals surface area contributed by atoms with Crippen molar-refractivity contribution in [3.8, 4) is 0 Å². The number of piperidine rings is 1. The van der Waals surface area contributed by atoms with Gasteiger partial charge in [0, 0.05) is 40.4 Å². The van der Waals surface area contributed by atoms with Crippen molar-refractivity contribution in [2.75, 3.05) is 33.4 Å². The Morgan fingerprint density at radius 3 is 2.52 bits per heavy atom. The van der Waals surface area contributed by atoms with Crippen LogP contribution in [0.2, 0.25) is 0 Å². The molecule has 1 aromatic heterocycles. The van der Waals surface area contributed by atoms with Crippen molar-refractivity contribution < 1.29 is 4.74 Å². The van der Waals surface area contributed by atoms with Crippen LogP contribution in [0.1, 0.15) is 69.4 Å². The lowest BCUT2D eigenvalue weighted by atomic mass is 9.74. The van der Waals surface area contributed by atoms with Crippen LogP contribution in [0.3, 0.4) is 0 Å². The molecule has 2 aliphatic rings. The predicted octanol–water partition coefficient (Wildman–Crippen LogP) is 3.66. The largest absolute Gasteiger partial charge is 0.385 e. The highest BCUT2D eigenvalue weighted by molar-refractivity contribution is 14.0. The highest BCUT2D eigenvalue weighted by Crippen LogP contribution is 2.42. The van der Waals surface area contributed by atoms with Gasteiger partial charge < -0.3 is 19.5 Å². The van der Waals surface area contributed by atoms with Crippen molar-refractivity contribution >= 4 is 29.9 Å². The Morgan fingerprint density at radius 1 is 1.14 bits per heavy atom. The summed E-state index contributed by atoms with van der Waals surface area (Å²) in [6, 6.07) is 0. The zero-order valence-electron chi connectivity index (χ0n) is 18.5. The summed E-state index contributed by atoms with van der Waals surface area (Å²) in [5, 5.41) is 12.0. The summed E-state index contributed by atoms with van der Waals surface area (Å²) in [4.78, 5) is 7.46. The van der Waals surface area contributed by atoms with Gasteiger partial charge in [-0.2, -0.15) is 0 Å². The fourth-order valence-electron chi connectivity index (χ4n) is 4.69. The van der Waals surface area contributed by atoms with Gasteiger partial charge in [0.05, 0.1) is 0 Å². The summed E-state index contributed by atoms with van der Waals surface area (Å²) in [6.07, 6.45) is 12.0. The van der Waals surface area contributed by atoms with E-state index in [0.29, 0.717) is 12.0 Å². The number of rotatable bonds is 6. The first-order chi connectivity index (χ1) is 13.6. The predicted molar refractivity (Wildman–Crippen MR) is 128 cm³/mol. The van der Waals surface area contributed by atoms with E-state index < -0.39 is 0 Å². The minimum atomic E-state index is 0. The maximum absolute atomic E-state index is 5.21. The average molecular weight is 518 g/mol. The maximum atomic E-state index is 5.21. The van der Waals surface area contributed by atoms with Gasteiger partial charge in [0.1, 0.15) is 12.4 Å². The number of aromatic nitrogens is 3. The molecule has 1 N–H and O–H groups in total. The standard InChI is InChI=1S/C21H38N6O.HI/c1-18-24-25-19(26(18)2)16-23-20(22-13-9-15-28-3)27-14-8-12-21(17-27)10-6-4-5-7-11-21;/h4-17H2,1-3H3,(H,22,23);1H. The molecule has 0 unspecified atom stereocenters. The van der Waals surface area contributed by atoms with E-state index in [1.54, 1.807) is 7.11 Å². The van der Waals surface area contributed by atoms with Gasteiger partial charge in [0.15, 0.2) is 11.8 Å². The summed E-state index contributed by atoms with van der Waals surface area (Å²) >= 11 is 0. The van der Waals surface area contributed by atoms with Gasteiger partial charge >= 0.3 is 0 Å². The van der Waals surface area contributed by atoms with Gasteiger partial charge in [0.25, 0.3) is 0 Å². The third-order valence-electron chi connectivity index (χ3n) is 6.49. The number of nitrogens with zero attached hydrogens (tertiary/aromatic N) is 5. The number of hydrogen-bond acceptors (Lipinski definition) is 4. The summed E-state index contributed by atoms with van der Waals surface area (Å²) in [7, 11) is 3.76. The number of halogens is 1. The van der Waals surface area contributed by atoms with Crippen LogP contribution >= 0.6 is 24.0 Å². The van der Waals surface area contributed by atoms with Crippen LogP contribution in [-0.2, 0) is 18.3 Å². The van der Waals surface area contributed by atoms with Crippen molar-refractivity contribution in [2.24, 2.45) is 17.5 Å². The molecule has 3 rings (SSSR count). The molecule has 0 bridgehead atoms. The van der Waals surface area contributed by atoms with E-state index in [2.05, 4.69) is 20.4 Å². The van der Waals surface area contributed by atoms with Crippen molar-refractivity contribution in [3.63, 3.8) is 0 Å². The second kappa shape index (κ2) is 12.1. The monoisotopic (exact) mass is 518 g/mol. The SMILES string of the molecule is COCCCNC(=NCc1nnc(C)n1C)N1CCCC2(CCCCCC2)C1.I. The zero-order chi connectivity index (χ0) is 19.8. The molecular weight excluding hydrogens is 479 g/mol. The first-order valence-electron chi connectivity index (χ1n) is 11.0. The maximum Gasteiger partial charge on any atom is 0.194 e. The molecule has 1 aliphatic carbocycles. The highest BCUT2D eigenvalue weighted by atomic mass is 127. The van der Waals surface area contributed by atoms with E-state index in [1.807, 2.05) is 18.5 Å². The Bertz CT molecular complexity index is 639. The molecule has 1 saturated heterocycles. The van der Waals surface area contributed by atoms with Crippen LogP contribution in [0.25, 0.3) is 0 Å². The fraction of sp³-hybridized carbons (Fsp3) is 0.857. The second-order valence-corrected chi connectivity index (χ2v) is 8.57. The molecule has 0 atom stereocenters. The Labute approximate surface area is 193 Å². The van der Waals surface area contributed by atoms with Crippen molar-refractivity contribution in [3.05, 3.63) is 11.6 Å². The van der Waals surface area contributed by atoms with Crippen LogP contribution in [-0.4, -0.2) is 59.0 Å². The van der Waals surface area contributed by atoms with Gasteiger partial charge in [-0.15, -0.1) is 34.2 Å². The number of nitrogens with one attached hydrogen (secondary N) is 1. The summed E-state index contributed by atoms with van der Waals surface area (Å²) < 4.78 is 7.23. The molecule has 29 heavy (non-hydrogen) atoms. The number of likely N-dealkylation sites (tertiary alicyclic amines) is 1. The number of aryl methyl sites for hydroxylation is 1. The Balaban J connectivity index is 0.00000300. The highest BCUT2D eigenvalue weighted by Gasteiger charge is 2.36. The normalized spacial score (nSPS) is 19.7. The molecule has 7 nitrogen and oxygen atoms in total. The summed E-state index contributed by atoms with van der Waals surface area (Å²) in [5.41, 5.74) is 0.491. The van der Waals surface area contributed by atoms with E-state index in [0.717, 1.165) is 50.3 Å². The van der Waals surface area contributed by atoms with Gasteiger partial charge in [0.2, 0.25) is 0 Å². The van der Waals surface area contributed by atoms with Crippen LogP contribution in [0.15, 0.2) is 4.99 Å². The molecule has 166 valence electrons. The van der Waals surface area contributed by atoms with E-state index in [4.69, 9.17) is 9.73 Å². The number of ether oxygens (including phenoxy) is 1. The lowest BCUT2D eigenvalue weighted by Gasteiger charge is -2.44.